The van der Waals surface area contributed by atoms with Gasteiger partial charge in [-0.15, -0.1) is 21.5 Å². The summed E-state index contributed by atoms with van der Waals surface area (Å²) in [6.07, 6.45) is 0.842. The second kappa shape index (κ2) is 9.39. The number of thiophene rings is 1. The van der Waals surface area contributed by atoms with Crippen molar-refractivity contribution in [3.05, 3.63) is 57.3 Å². The summed E-state index contributed by atoms with van der Waals surface area (Å²) >= 11 is 1.51. The molecule has 0 atom stereocenters. The maximum atomic E-state index is 12.5. The number of nitro benzene ring substituents is 1. The van der Waals surface area contributed by atoms with E-state index in [1.165, 1.54) is 23.5 Å². The molecule has 29 heavy (non-hydrogen) atoms. The molecule has 0 aliphatic carbocycles. The lowest BCUT2D eigenvalue weighted by Gasteiger charge is -2.19. The molecule has 0 fully saturated rings. The molecule has 0 radical (unpaired) electrons. The van der Waals surface area contributed by atoms with Crippen molar-refractivity contribution in [3.8, 4) is 10.8 Å². The fourth-order valence-corrected chi connectivity index (χ4v) is 3.43. The van der Waals surface area contributed by atoms with Crippen molar-refractivity contribution in [2.75, 3.05) is 18.4 Å². The molecule has 3 rings (SSSR count). The van der Waals surface area contributed by atoms with Gasteiger partial charge in [0.05, 0.1) is 28.6 Å². The fourth-order valence-electron chi connectivity index (χ4n) is 2.79. The predicted octanol–water partition coefficient (Wildman–Crippen LogP) is 3.87. The molecular formula is C19H21N5O4S. The Morgan fingerprint density at radius 2 is 2.17 bits per heavy atom. The van der Waals surface area contributed by atoms with Crippen molar-refractivity contribution in [2.24, 2.45) is 0 Å². The first-order valence-corrected chi connectivity index (χ1v) is 9.97. The van der Waals surface area contributed by atoms with Crippen molar-refractivity contribution >= 4 is 28.6 Å². The molecule has 0 spiro atoms. The van der Waals surface area contributed by atoms with Crippen LogP contribution in [0, 0.1) is 17.0 Å². The number of aryl methyl sites for hydroxylation is 1. The first-order chi connectivity index (χ1) is 14.0. The van der Waals surface area contributed by atoms with E-state index in [4.69, 9.17) is 4.42 Å². The number of nitrogens with zero attached hydrogens (tertiary/aromatic N) is 4. The monoisotopic (exact) mass is 415 g/mol. The fraction of sp³-hybridized carbons (Fsp3) is 0.316. The summed E-state index contributed by atoms with van der Waals surface area (Å²) in [7, 11) is 0. The minimum atomic E-state index is -0.487. The van der Waals surface area contributed by atoms with E-state index in [9.17, 15) is 14.9 Å². The summed E-state index contributed by atoms with van der Waals surface area (Å²) in [5.74, 6) is 0.629. The van der Waals surface area contributed by atoms with Gasteiger partial charge in [0.1, 0.15) is 0 Å². The third-order valence-electron chi connectivity index (χ3n) is 4.17. The molecule has 1 amide bonds. The van der Waals surface area contributed by atoms with Crippen molar-refractivity contribution in [1.82, 2.24) is 15.1 Å². The Balaban J connectivity index is 1.65. The average Bonchev–Trinajstić information content (AvgIpc) is 3.35. The molecule has 9 nitrogen and oxygen atoms in total. The number of hydrogen-bond acceptors (Lipinski definition) is 8. The van der Waals surface area contributed by atoms with Gasteiger partial charge in [0.25, 0.3) is 11.6 Å². The molecule has 0 bridgehead atoms. The molecule has 0 aliphatic rings. The number of carbonyl (C=O) groups is 1. The predicted molar refractivity (Wildman–Crippen MR) is 110 cm³/mol. The summed E-state index contributed by atoms with van der Waals surface area (Å²) in [6.45, 7) is 4.91. The van der Waals surface area contributed by atoms with Crippen LogP contribution in [0.3, 0.4) is 0 Å². The highest BCUT2D eigenvalue weighted by atomic mass is 32.1. The van der Waals surface area contributed by atoms with E-state index in [0.717, 1.165) is 16.9 Å². The topological polar surface area (TPSA) is 114 Å². The van der Waals surface area contributed by atoms with Gasteiger partial charge in [0.15, 0.2) is 0 Å². The molecule has 2 heterocycles. The van der Waals surface area contributed by atoms with Gasteiger partial charge in [-0.25, -0.2) is 0 Å². The van der Waals surface area contributed by atoms with Gasteiger partial charge in [0, 0.05) is 12.1 Å². The lowest BCUT2D eigenvalue weighted by atomic mass is 10.2. The van der Waals surface area contributed by atoms with Gasteiger partial charge in [-0.1, -0.05) is 19.1 Å². The summed E-state index contributed by atoms with van der Waals surface area (Å²) < 4.78 is 5.71. The molecular weight excluding hydrogens is 394 g/mol. The number of aromatic nitrogens is 2. The summed E-state index contributed by atoms with van der Waals surface area (Å²) in [5.41, 5.74) is 1.12. The summed E-state index contributed by atoms with van der Waals surface area (Å²) in [4.78, 5) is 25.8. The van der Waals surface area contributed by atoms with Gasteiger partial charge < -0.3 is 9.73 Å². The molecule has 0 unspecified atom stereocenters. The molecule has 0 aliphatic heterocycles. The lowest BCUT2D eigenvalue weighted by Crippen LogP contribution is -2.33. The number of non-ortho nitro benzene ring substituents is 1. The summed E-state index contributed by atoms with van der Waals surface area (Å²) in [6, 6.07) is 8.20. The van der Waals surface area contributed by atoms with Gasteiger partial charge in [-0.05, 0) is 36.9 Å². The van der Waals surface area contributed by atoms with Crippen LogP contribution in [0.15, 0.2) is 40.1 Å². The van der Waals surface area contributed by atoms with Crippen LogP contribution >= 0.6 is 11.3 Å². The highest BCUT2D eigenvalue weighted by Crippen LogP contribution is 2.24. The van der Waals surface area contributed by atoms with Crippen LogP contribution in [0.1, 0.15) is 24.8 Å². The molecule has 3 aromatic rings. The minimum absolute atomic E-state index is 0.0664. The van der Waals surface area contributed by atoms with Crippen molar-refractivity contribution in [2.45, 2.75) is 26.8 Å². The van der Waals surface area contributed by atoms with E-state index < -0.39 is 4.92 Å². The standard InChI is InChI=1S/C19H21N5O4S/c1-3-8-23(12-18-21-22-19(28-18)16-5-4-9-29-16)11-17(25)20-15-10-14(24(26)27)7-6-13(15)2/h4-7,9-10H,3,8,11-12H2,1-2H3,(H,20,25). The Bertz CT molecular complexity index is 986. The van der Waals surface area contributed by atoms with E-state index in [1.54, 1.807) is 13.0 Å². The SMILES string of the molecule is CCCN(CC(=O)Nc1cc([N+](=O)[O-])ccc1C)Cc1nnc(-c2cccs2)o1. The van der Waals surface area contributed by atoms with Gasteiger partial charge in [-0.3, -0.25) is 19.8 Å². The highest BCUT2D eigenvalue weighted by molar-refractivity contribution is 7.13. The van der Waals surface area contributed by atoms with Crippen LogP contribution in [0.5, 0.6) is 0 Å². The zero-order valence-electron chi connectivity index (χ0n) is 16.1. The number of hydrogen-bond donors (Lipinski definition) is 1. The zero-order valence-corrected chi connectivity index (χ0v) is 16.9. The number of nitrogens with one attached hydrogen (secondary N) is 1. The van der Waals surface area contributed by atoms with Crippen LogP contribution < -0.4 is 5.32 Å². The normalized spacial score (nSPS) is 11.0. The smallest absolute Gasteiger partial charge is 0.271 e. The second-order valence-electron chi connectivity index (χ2n) is 6.49. The van der Waals surface area contributed by atoms with Crippen LogP contribution in [-0.2, 0) is 11.3 Å². The maximum Gasteiger partial charge on any atom is 0.271 e. The second-order valence-corrected chi connectivity index (χ2v) is 7.44. The molecule has 2 aromatic heterocycles. The molecule has 0 saturated heterocycles. The van der Waals surface area contributed by atoms with Crippen LogP contribution in [0.2, 0.25) is 0 Å². The first-order valence-electron chi connectivity index (χ1n) is 9.09. The van der Waals surface area contributed by atoms with Gasteiger partial charge in [-0.2, -0.15) is 0 Å². The number of anilines is 1. The number of amides is 1. The quantitative estimate of drug-likeness (QED) is 0.417. The van der Waals surface area contributed by atoms with Crippen LogP contribution in [0.4, 0.5) is 11.4 Å². The molecule has 1 N–H and O–H groups in total. The van der Waals surface area contributed by atoms with Crippen LogP contribution in [-0.4, -0.2) is 39.0 Å². The molecule has 152 valence electrons. The van der Waals surface area contributed by atoms with Crippen molar-refractivity contribution in [3.63, 3.8) is 0 Å². The Morgan fingerprint density at radius 1 is 1.34 bits per heavy atom. The average molecular weight is 415 g/mol. The molecule has 0 saturated carbocycles. The van der Waals surface area contributed by atoms with Crippen molar-refractivity contribution < 1.29 is 14.1 Å². The molecule has 10 heteroatoms. The Labute approximate surface area is 171 Å². The van der Waals surface area contributed by atoms with Gasteiger partial charge >= 0.3 is 0 Å². The van der Waals surface area contributed by atoms with E-state index in [-0.39, 0.29) is 18.1 Å². The zero-order chi connectivity index (χ0) is 20.8. The third-order valence-corrected chi connectivity index (χ3v) is 5.03. The highest BCUT2D eigenvalue weighted by Gasteiger charge is 2.17. The van der Waals surface area contributed by atoms with E-state index >= 15 is 0 Å². The maximum absolute atomic E-state index is 12.5. The number of nitro groups is 1. The van der Waals surface area contributed by atoms with Gasteiger partial charge in [0.2, 0.25) is 11.8 Å². The minimum Gasteiger partial charge on any atom is -0.419 e. The molecule has 1 aromatic carbocycles. The lowest BCUT2D eigenvalue weighted by molar-refractivity contribution is -0.384. The van der Waals surface area contributed by atoms with E-state index in [2.05, 4.69) is 15.5 Å². The largest absolute Gasteiger partial charge is 0.419 e. The van der Waals surface area contributed by atoms with E-state index in [0.29, 0.717) is 30.6 Å². The number of carbonyl (C=O) groups excluding carboxylic acids is 1. The number of rotatable bonds is 9. The van der Waals surface area contributed by atoms with Crippen molar-refractivity contribution in [1.29, 1.82) is 0 Å². The first kappa shape index (κ1) is 20.6. The van der Waals surface area contributed by atoms with Crippen LogP contribution in [0.25, 0.3) is 10.8 Å². The Morgan fingerprint density at radius 3 is 2.86 bits per heavy atom. The third kappa shape index (κ3) is 5.46. The Kier molecular flexibility index (Phi) is 6.68. The Hall–Kier alpha value is -3.11. The number of benzene rings is 1. The van der Waals surface area contributed by atoms with E-state index in [1.807, 2.05) is 29.3 Å². The summed E-state index contributed by atoms with van der Waals surface area (Å²) in [5, 5.41) is 23.8.